The number of hydrogen-bond donors (Lipinski definition) is 1. The molecule has 0 atom stereocenters. The molecule has 0 aliphatic carbocycles. The molecular formula is C6H6O6S. The Labute approximate surface area is 74.1 Å². The molecule has 0 aliphatic rings. The molecule has 1 aromatic rings. The second-order valence-electron chi connectivity index (χ2n) is 2.12. The van der Waals surface area contributed by atoms with Gasteiger partial charge in [0.1, 0.15) is 0 Å². The standard InChI is InChI=1S/C6H6O6S/c7-3-6-5(1-2-11-6)4-12-13(8,9)10/h1-3H,4H2,(H,8,9,10). The fraction of sp³-hybridized carbons (Fsp3) is 0.167. The Bertz CT molecular complexity index is 389. The van der Waals surface area contributed by atoms with Crippen molar-refractivity contribution in [3.63, 3.8) is 0 Å². The molecule has 0 saturated heterocycles. The highest BCUT2D eigenvalue weighted by atomic mass is 32.3. The van der Waals surface area contributed by atoms with Crippen LogP contribution in [0.3, 0.4) is 0 Å². The molecule has 6 nitrogen and oxygen atoms in total. The van der Waals surface area contributed by atoms with E-state index in [1.54, 1.807) is 0 Å². The highest BCUT2D eigenvalue weighted by Gasteiger charge is 2.09. The largest absolute Gasteiger partial charge is 0.461 e. The zero-order chi connectivity index (χ0) is 9.90. The first kappa shape index (κ1) is 9.90. The monoisotopic (exact) mass is 206 g/mol. The van der Waals surface area contributed by atoms with E-state index in [0.29, 0.717) is 6.29 Å². The molecule has 7 heteroatoms. The average Bonchev–Trinajstić information content (AvgIpc) is 2.46. The van der Waals surface area contributed by atoms with Crippen LogP contribution in [0.2, 0.25) is 0 Å². The van der Waals surface area contributed by atoms with E-state index in [4.69, 9.17) is 4.55 Å². The summed E-state index contributed by atoms with van der Waals surface area (Å²) in [5, 5.41) is 0. The van der Waals surface area contributed by atoms with Crippen molar-refractivity contribution < 1.29 is 26.4 Å². The minimum atomic E-state index is -4.48. The van der Waals surface area contributed by atoms with Gasteiger partial charge in [-0.3, -0.25) is 9.35 Å². The maximum atomic E-state index is 10.3. The van der Waals surface area contributed by atoms with Gasteiger partial charge in [-0.25, -0.2) is 4.18 Å². The summed E-state index contributed by atoms with van der Waals surface area (Å²) in [5.41, 5.74) is 0.257. The number of carbonyl (C=O) groups excluding carboxylic acids is 1. The summed E-state index contributed by atoms with van der Waals surface area (Å²) in [6, 6.07) is 1.37. The fourth-order valence-electron chi connectivity index (χ4n) is 0.708. The van der Waals surface area contributed by atoms with Crippen molar-refractivity contribution in [1.29, 1.82) is 0 Å². The summed E-state index contributed by atoms with van der Waals surface area (Å²) >= 11 is 0. The highest BCUT2D eigenvalue weighted by molar-refractivity contribution is 7.80. The van der Waals surface area contributed by atoms with Crippen molar-refractivity contribution in [2.75, 3.05) is 0 Å². The molecule has 1 heterocycles. The zero-order valence-corrected chi connectivity index (χ0v) is 7.15. The van der Waals surface area contributed by atoms with Crippen molar-refractivity contribution in [2.24, 2.45) is 0 Å². The van der Waals surface area contributed by atoms with Crippen LogP contribution in [0.4, 0.5) is 0 Å². The number of carbonyl (C=O) groups is 1. The second kappa shape index (κ2) is 3.69. The molecule has 0 bridgehead atoms. The summed E-state index contributed by atoms with van der Waals surface area (Å²) in [6.45, 7) is -0.427. The Morgan fingerprint density at radius 3 is 2.85 bits per heavy atom. The highest BCUT2D eigenvalue weighted by Crippen LogP contribution is 2.10. The van der Waals surface area contributed by atoms with Crippen molar-refractivity contribution >= 4 is 16.7 Å². The lowest BCUT2D eigenvalue weighted by Crippen LogP contribution is -2.03. The molecule has 0 amide bonds. The Kier molecular flexibility index (Phi) is 2.81. The molecule has 72 valence electrons. The van der Waals surface area contributed by atoms with Crippen LogP contribution in [-0.2, 0) is 21.2 Å². The van der Waals surface area contributed by atoms with Crippen molar-refractivity contribution in [1.82, 2.24) is 0 Å². The van der Waals surface area contributed by atoms with E-state index in [0.717, 1.165) is 0 Å². The Balaban J connectivity index is 2.70. The molecular weight excluding hydrogens is 200 g/mol. The molecule has 1 rings (SSSR count). The van der Waals surface area contributed by atoms with Gasteiger partial charge in [0.15, 0.2) is 12.0 Å². The van der Waals surface area contributed by atoms with Gasteiger partial charge in [-0.15, -0.1) is 0 Å². The van der Waals surface area contributed by atoms with E-state index in [9.17, 15) is 13.2 Å². The minimum absolute atomic E-state index is 0.0244. The van der Waals surface area contributed by atoms with E-state index in [1.165, 1.54) is 12.3 Å². The first-order valence-electron chi connectivity index (χ1n) is 3.16. The third-order valence-corrected chi connectivity index (χ3v) is 1.67. The number of aldehydes is 1. The molecule has 0 radical (unpaired) electrons. The summed E-state index contributed by atoms with van der Waals surface area (Å²) in [5.74, 6) is -0.0244. The van der Waals surface area contributed by atoms with Crippen LogP contribution in [0.1, 0.15) is 16.1 Å². The SMILES string of the molecule is O=Cc1occc1COS(=O)(=O)O. The van der Waals surface area contributed by atoms with Gasteiger partial charge in [-0.2, -0.15) is 8.42 Å². The molecule has 1 N–H and O–H groups in total. The fourth-order valence-corrected chi connectivity index (χ4v) is 0.984. The minimum Gasteiger partial charge on any atom is -0.461 e. The van der Waals surface area contributed by atoms with Gasteiger partial charge < -0.3 is 4.42 Å². The predicted molar refractivity (Wildman–Crippen MR) is 40.4 cm³/mol. The van der Waals surface area contributed by atoms with Gasteiger partial charge in [0, 0.05) is 5.56 Å². The average molecular weight is 206 g/mol. The summed E-state index contributed by atoms with van der Waals surface area (Å²) < 4.78 is 37.2. The van der Waals surface area contributed by atoms with E-state index in [-0.39, 0.29) is 11.3 Å². The van der Waals surface area contributed by atoms with Gasteiger partial charge in [-0.1, -0.05) is 0 Å². The van der Waals surface area contributed by atoms with Gasteiger partial charge in [0.05, 0.1) is 12.9 Å². The van der Waals surface area contributed by atoms with Crippen LogP contribution >= 0.6 is 0 Å². The Morgan fingerprint density at radius 2 is 2.31 bits per heavy atom. The van der Waals surface area contributed by atoms with Crippen molar-refractivity contribution in [2.45, 2.75) is 6.61 Å². The lowest BCUT2D eigenvalue weighted by atomic mass is 10.3. The number of rotatable bonds is 4. The summed E-state index contributed by atoms with van der Waals surface area (Å²) in [6.07, 6.45) is 1.63. The second-order valence-corrected chi connectivity index (χ2v) is 3.21. The Morgan fingerprint density at radius 1 is 1.62 bits per heavy atom. The van der Waals surface area contributed by atoms with Gasteiger partial charge in [0.2, 0.25) is 0 Å². The third-order valence-electron chi connectivity index (χ3n) is 1.25. The van der Waals surface area contributed by atoms with Crippen LogP contribution in [0, 0.1) is 0 Å². The van der Waals surface area contributed by atoms with E-state index in [2.05, 4.69) is 8.60 Å². The smallest absolute Gasteiger partial charge is 0.397 e. The molecule has 1 aromatic heterocycles. The molecule has 0 aromatic carbocycles. The molecule has 0 unspecified atom stereocenters. The topological polar surface area (TPSA) is 93.8 Å². The van der Waals surface area contributed by atoms with Crippen LogP contribution in [0.25, 0.3) is 0 Å². The normalized spacial score (nSPS) is 11.5. The van der Waals surface area contributed by atoms with E-state index < -0.39 is 17.0 Å². The van der Waals surface area contributed by atoms with E-state index >= 15 is 0 Å². The maximum Gasteiger partial charge on any atom is 0.397 e. The molecule has 13 heavy (non-hydrogen) atoms. The van der Waals surface area contributed by atoms with Crippen LogP contribution in [0.5, 0.6) is 0 Å². The lowest BCUT2D eigenvalue weighted by Gasteiger charge is -1.96. The van der Waals surface area contributed by atoms with Crippen molar-refractivity contribution in [3.05, 3.63) is 23.7 Å². The van der Waals surface area contributed by atoms with Crippen molar-refractivity contribution in [3.8, 4) is 0 Å². The molecule has 0 saturated carbocycles. The van der Waals surface area contributed by atoms with Gasteiger partial charge >= 0.3 is 10.4 Å². The molecule has 0 fully saturated rings. The first-order valence-corrected chi connectivity index (χ1v) is 4.53. The van der Waals surface area contributed by atoms with Crippen LogP contribution in [-0.4, -0.2) is 19.3 Å². The third kappa shape index (κ3) is 2.98. The first-order chi connectivity index (χ1) is 6.03. The van der Waals surface area contributed by atoms with Gasteiger partial charge in [-0.05, 0) is 6.07 Å². The number of hydrogen-bond acceptors (Lipinski definition) is 5. The predicted octanol–water partition coefficient (Wildman–Crippen LogP) is 0.412. The summed E-state index contributed by atoms with van der Waals surface area (Å²) in [7, 11) is -4.48. The lowest BCUT2D eigenvalue weighted by molar-refractivity contribution is 0.109. The quantitative estimate of drug-likeness (QED) is 0.566. The molecule has 0 spiro atoms. The summed E-state index contributed by atoms with van der Waals surface area (Å²) in [4.78, 5) is 10.3. The molecule has 0 aliphatic heterocycles. The zero-order valence-electron chi connectivity index (χ0n) is 6.34. The number of furan rings is 1. The van der Waals surface area contributed by atoms with Crippen LogP contribution < -0.4 is 0 Å². The van der Waals surface area contributed by atoms with E-state index in [1.807, 2.05) is 0 Å². The van der Waals surface area contributed by atoms with Crippen LogP contribution in [0.15, 0.2) is 16.7 Å². The Hall–Kier alpha value is -1.18. The maximum absolute atomic E-state index is 10.3. The van der Waals surface area contributed by atoms with Gasteiger partial charge in [0.25, 0.3) is 0 Å².